The molecule has 0 saturated heterocycles. The molecule has 0 aliphatic heterocycles. The molecule has 1 rings (SSSR count). The van der Waals surface area contributed by atoms with Crippen LogP contribution in [0.25, 0.3) is 0 Å². The molecular formula is C7H8NNaO2. The molecule has 0 unspecified atom stereocenters. The molecule has 0 saturated carbocycles. The first-order valence-electron chi connectivity index (χ1n) is 2.86. The quantitative estimate of drug-likeness (QED) is 0.495. The van der Waals surface area contributed by atoms with Gasteiger partial charge in [-0.05, 0) is 19.1 Å². The Balaban J connectivity index is 0. The van der Waals surface area contributed by atoms with Crippen LogP contribution in [0.4, 0.5) is 0 Å². The Hall–Kier alpha value is -0.380. The molecule has 0 aliphatic carbocycles. The number of carboxylic acid groups (broad SMARTS) is 1. The average molecular weight is 161 g/mol. The monoisotopic (exact) mass is 161 g/mol. The summed E-state index contributed by atoms with van der Waals surface area (Å²) in [5.74, 6) is -0.937. The molecule has 1 aromatic rings. The number of nitrogens with zero attached hydrogens (tertiary/aromatic N) is 1. The van der Waals surface area contributed by atoms with Crippen molar-refractivity contribution in [3.63, 3.8) is 0 Å². The molecule has 3 nitrogen and oxygen atoms in total. The predicted molar refractivity (Wildman–Crippen MR) is 37.0 cm³/mol. The maximum Gasteiger partial charge on any atom is 1.00 e. The van der Waals surface area contributed by atoms with Crippen molar-refractivity contribution >= 4 is 5.97 Å². The normalized spacial score (nSPS) is 8.45. The van der Waals surface area contributed by atoms with Crippen molar-refractivity contribution < 1.29 is 40.9 Å². The van der Waals surface area contributed by atoms with Crippen molar-refractivity contribution in [2.24, 2.45) is 0 Å². The number of aryl methyl sites for hydroxylation is 1. The van der Waals surface area contributed by atoms with Crippen LogP contribution in [0.2, 0.25) is 0 Å². The SMILES string of the molecule is Cc1ccc(C(=O)O)cn1.[H-].[Na+]. The second kappa shape index (κ2) is 4.49. The molecule has 0 atom stereocenters. The largest absolute Gasteiger partial charge is 1.00 e. The molecule has 0 fully saturated rings. The summed E-state index contributed by atoms with van der Waals surface area (Å²) in [6, 6.07) is 3.20. The first kappa shape index (κ1) is 10.6. The van der Waals surface area contributed by atoms with E-state index in [1.165, 1.54) is 12.3 Å². The van der Waals surface area contributed by atoms with Crippen molar-refractivity contribution in [3.8, 4) is 0 Å². The Bertz CT molecular complexity index is 250. The minimum Gasteiger partial charge on any atom is -1.00 e. The fourth-order valence-corrected chi connectivity index (χ4v) is 0.594. The van der Waals surface area contributed by atoms with Crippen LogP contribution in [0.15, 0.2) is 18.3 Å². The average Bonchev–Trinajstić information content (AvgIpc) is 1.88. The summed E-state index contributed by atoms with van der Waals surface area (Å²) >= 11 is 0. The number of carboxylic acids is 1. The van der Waals surface area contributed by atoms with E-state index in [2.05, 4.69) is 4.98 Å². The molecule has 11 heavy (non-hydrogen) atoms. The van der Waals surface area contributed by atoms with Gasteiger partial charge in [-0.15, -0.1) is 0 Å². The van der Waals surface area contributed by atoms with E-state index in [0.29, 0.717) is 0 Å². The maximum absolute atomic E-state index is 10.3. The van der Waals surface area contributed by atoms with E-state index in [9.17, 15) is 4.79 Å². The second-order valence-electron chi connectivity index (χ2n) is 1.99. The summed E-state index contributed by atoms with van der Waals surface area (Å²) in [7, 11) is 0. The van der Waals surface area contributed by atoms with E-state index >= 15 is 0 Å². The molecule has 4 heteroatoms. The minimum atomic E-state index is -0.937. The first-order valence-corrected chi connectivity index (χ1v) is 2.86. The summed E-state index contributed by atoms with van der Waals surface area (Å²) < 4.78 is 0. The maximum atomic E-state index is 10.3. The van der Waals surface area contributed by atoms with Gasteiger partial charge in [0, 0.05) is 11.9 Å². The van der Waals surface area contributed by atoms with Crippen LogP contribution < -0.4 is 29.6 Å². The summed E-state index contributed by atoms with van der Waals surface area (Å²) in [5, 5.41) is 8.44. The van der Waals surface area contributed by atoms with Crippen LogP contribution in [0, 0.1) is 6.92 Å². The minimum absolute atomic E-state index is 0. The van der Waals surface area contributed by atoms with E-state index in [1.807, 2.05) is 6.92 Å². The zero-order valence-corrected chi connectivity index (χ0v) is 8.53. The van der Waals surface area contributed by atoms with Gasteiger partial charge in [-0.1, -0.05) is 0 Å². The molecule has 0 aromatic carbocycles. The Morgan fingerprint density at radius 3 is 2.64 bits per heavy atom. The van der Waals surface area contributed by atoms with E-state index in [4.69, 9.17) is 5.11 Å². The molecule has 0 spiro atoms. The Kier molecular flexibility index (Phi) is 4.33. The smallest absolute Gasteiger partial charge is 1.00 e. The number of aromatic nitrogens is 1. The third-order valence-corrected chi connectivity index (χ3v) is 1.16. The molecule has 1 heterocycles. The van der Waals surface area contributed by atoms with E-state index in [0.717, 1.165) is 5.69 Å². The number of hydrogen-bond acceptors (Lipinski definition) is 2. The van der Waals surface area contributed by atoms with Crippen LogP contribution in [0.1, 0.15) is 17.5 Å². The van der Waals surface area contributed by atoms with Gasteiger partial charge in [-0.3, -0.25) is 4.98 Å². The first-order chi connectivity index (χ1) is 4.70. The van der Waals surface area contributed by atoms with Crippen LogP contribution >= 0.6 is 0 Å². The number of aromatic carboxylic acids is 1. The summed E-state index contributed by atoms with van der Waals surface area (Å²) in [5.41, 5.74) is 1.05. The Morgan fingerprint density at radius 1 is 1.64 bits per heavy atom. The van der Waals surface area contributed by atoms with Gasteiger partial charge in [0.1, 0.15) is 0 Å². The molecule has 0 amide bonds. The van der Waals surface area contributed by atoms with Crippen molar-refractivity contribution in [1.82, 2.24) is 4.98 Å². The topological polar surface area (TPSA) is 50.2 Å². The van der Waals surface area contributed by atoms with Crippen molar-refractivity contribution in [2.75, 3.05) is 0 Å². The van der Waals surface area contributed by atoms with Crippen molar-refractivity contribution in [3.05, 3.63) is 29.6 Å². The Morgan fingerprint density at radius 2 is 2.27 bits per heavy atom. The number of rotatable bonds is 1. The number of hydrogen-bond donors (Lipinski definition) is 1. The summed E-state index contributed by atoms with van der Waals surface area (Å²) in [4.78, 5) is 14.1. The van der Waals surface area contributed by atoms with Gasteiger partial charge in [-0.25, -0.2) is 4.79 Å². The van der Waals surface area contributed by atoms with Gasteiger partial charge in [0.05, 0.1) is 5.56 Å². The molecule has 1 aromatic heterocycles. The second-order valence-corrected chi connectivity index (χ2v) is 1.99. The van der Waals surface area contributed by atoms with Gasteiger partial charge in [-0.2, -0.15) is 0 Å². The number of pyridine rings is 1. The fourth-order valence-electron chi connectivity index (χ4n) is 0.594. The molecule has 54 valence electrons. The van der Waals surface area contributed by atoms with Crippen LogP contribution in [-0.2, 0) is 0 Å². The Labute approximate surface area is 88.2 Å². The van der Waals surface area contributed by atoms with Gasteiger partial charge in [0.25, 0.3) is 0 Å². The summed E-state index contributed by atoms with van der Waals surface area (Å²) in [6.45, 7) is 1.81. The van der Waals surface area contributed by atoms with Gasteiger partial charge in [0.2, 0.25) is 0 Å². The predicted octanol–water partition coefficient (Wildman–Crippen LogP) is -1.80. The van der Waals surface area contributed by atoms with Crippen molar-refractivity contribution in [2.45, 2.75) is 6.92 Å². The molecule has 0 aliphatic rings. The molecule has 1 N–H and O–H groups in total. The zero-order chi connectivity index (χ0) is 7.56. The third kappa shape index (κ3) is 3.01. The van der Waals surface area contributed by atoms with E-state index < -0.39 is 5.97 Å². The van der Waals surface area contributed by atoms with E-state index in [1.54, 1.807) is 6.07 Å². The zero-order valence-electron chi connectivity index (χ0n) is 7.53. The molecular weight excluding hydrogens is 153 g/mol. The molecule has 0 radical (unpaired) electrons. The molecule has 0 bridgehead atoms. The van der Waals surface area contributed by atoms with Gasteiger partial charge in [0.15, 0.2) is 0 Å². The van der Waals surface area contributed by atoms with Crippen molar-refractivity contribution in [1.29, 1.82) is 0 Å². The van der Waals surface area contributed by atoms with Gasteiger partial charge < -0.3 is 6.53 Å². The fraction of sp³-hybridized carbons (Fsp3) is 0.143. The standard InChI is InChI=1S/C7H7NO2.Na.H/c1-5-2-3-6(4-8-5)7(9)10;;/h2-4H,1H3,(H,9,10);;/q;+1;-1. The third-order valence-electron chi connectivity index (χ3n) is 1.16. The number of carbonyl (C=O) groups is 1. The van der Waals surface area contributed by atoms with Gasteiger partial charge >= 0.3 is 35.5 Å². The van der Waals surface area contributed by atoms with Crippen LogP contribution in [0.5, 0.6) is 0 Å². The summed E-state index contributed by atoms with van der Waals surface area (Å²) in [6.07, 6.45) is 1.34. The van der Waals surface area contributed by atoms with E-state index in [-0.39, 0.29) is 36.5 Å². The van der Waals surface area contributed by atoms with Crippen LogP contribution in [0.3, 0.4) is 0 Å². The van der Waals surface area contributed by atoms with Crippen LogP contribution in [-0.4, -0.2) is 16.1 Å².